The first-order chi connectivity index (χ1) is 12.1. The summed E-state index contributed by atoms with van der Waals surface area (Å²) in [4.78, 5) is 22.0. The standard InChI is InChI=1S/C17H18FN5OS/c1-10-8-23-9-14(20-7-15(23)21-10)22-17(24)16-12(18)6-13(25-16)11-2-4-19-5-3-11/h6-9,11,19H,2-5H2,1H3,(H,22,24). The number of hydrogen-bond donors (Lipinski definition) is 2. The summed E-state index contributed by atoms with van der Waals surface area (Å²) in [6.45, 7) is 3.74. The number of nitrogens with one attached hydrogen (secondary N) is 2. The molecule has 0 bridgehead atoms. The van der Waals surface area contributed by atoms with Gasteiger partial charge in [-0.3, -0.25) is 4.79 Å². The van der Waals surface area contributed by atoms with E-state index in [2.05, 4.69) is 20.6 Å². The van der Waals surface area contributed by atoms with Crippen molar-refractivity contribution in [2.75, 3.05) is 18.4 Å². The molecule has 1 saturated heterocycles. The van der Waals surface area contributed by atoms with Gasteiger partial charge in [0, 0.05) is 11.1 Å². The van der Waals surface area contributed by atoms with E-state index < -0.39 is 11.7 Å². The Balaban J connectivity index is 1.54. The van der Waals surface area contributed by atoms with E-state index in [0.29, 0.717) is 17.4 Å². The van der Waals surface area contributed by atoms with Crippen LogP contribution in [0.4, 0.5) is 10.2 Å². The van der Waals surface area contributed by atoms with Crippen molar-refractivity contribution < 1.29 is 9.18 Å². The summed E-state index contributed by atoms with van der Waals surface area (Å²) in [6, 6.07) is 1.51. The fourth-order valence-electron chi connectivity index (χ4n) is 3.11. The van der Waals surface area contributed by atoms with Crippen molar-refractivity contribution in [2.24, 2.45) is 0 Å². The molecule has 4 rings (SSSR count). The number of halogens is 1. The molecule has 1 aliphatic rings. The Bertz CT molecular complexity index is 928. The van der Waals surface area contributed by atoms with Crippen molar-refractivity contribution in [3.05, 3.63) is 45.9 Å². The minimum atomic E-state index is -0.466. The molecule has 0 spiro atoms. The van der Waals surface area contributed by atoms with E-state index in [0.717, 1.165) is 36.5 Å². The maximum Gasteiger partial charge on any atom is 0.269 e. The number of fused-ring (bicyclic) bond motifs is 1. The first-order valence-electron chi connectivity index (χ1n) is 8.23. The van der Waals surface area contributed by atoms with Crippen LogP contribution in [0.2, 0.25) is 0 Å². The number of nitrogens with zero attached hydrogens (tertiary/aromatic N) is 3. The highest BCUT2D eigenvalue weighted by molar-refractivity contribution is 7.14. The molecule has 0 atom stereocenters. The largest absolute Gasteiger partial charge is 0.317 e. The molecule has 0 aromatic carbocycles. The van der Waals surface area contributed by atoms with Gasteiger partial charge >= 0.3 is 0 Å². The molecular formula is C17H18FN5OS. The highest BCUT2D eigenvalue weighted by Crippen LogP contribution is 2.33. The van der Waals surface area contributed by atoms with Crippen LogP contribution in [0, 0.1) is 12.7 Å². The lowest BCUT2D eigenvalue weighted by Gasteiger charge is -2.21. The molecule has 1 aliphatic heterocycles. The number of anilines is 1. The first-order valence-corrected chi connectivity index (χ1v) is 9.04. The summed E-state index contributed by atoms with van der Waals surface area (Å²) in [5.41, 5.74) is 1.56. The number of amides is 1. The predicted octanol–water partition coefficient (Wildman–Crippen LogP) is 2.96. The molecule has 1 fully saturated rings. The summed E-state index contributed by atoms with van der Waals surface area (Å²) < 4.78 is 16.1. The van der Waals surface area contributed by atoms with Gasteiger partial charge in [0.05, 0.1) is 18.1 Å². The molecule has 0 radical (unpaired) electrons. The SMILES string of the molecule is Cc1cn2cc(NC(=O)c3sc(C4CCNCC4)cc3F)ncc2n1. The lowest BCUT2D eigenvalue weighted by Crippen LogP contribution is -2.26. The van der Waals surface area contributed by atoms with Gasteiger partial charge in [0.1, 0.15) is 16.5 Å². The predicted molar refractivity (Wildman–Crippen MR) is 94.8 cm³/mol. The van der Waals surface area contributed by atoms with Crippen LogP contribution in [0.25, 0.3) is 5.65 Å². The zero-order valence-corrected chi connectivity index (χ0v) is 14.6. The van der Waals surface area contributed by atoms with Gasteiger partial charge in [-0.25, -0.2) is 14.4 Å². The van der Waals surface area contributed by atoms with E-state index in [1.165, 1.54) is 17.4 Å². The van der Waals surface area contributed by atoms with Gasteiger partial charge in [0.25, 0.3) is 5.91 Å². The third-order valence-corrected chi connectivity index (χ3v) is 5.63. The van der Waals surface area contributed by atoms with Crippen LogP contribution in [-0.4, -0.2) is 33.4 Å². The van der Waals surface area contributed by atoms with Crippen LogP contribution in [0.15, 0.2) is 24.7 Å². The van der Waals surface area contributed by atoms with E-state index in [9.17, 15) is 9.18 Å². The number of carbonyl (C=O) groups excluding carboxylic acids is 1. The minimum Gasteiger partial charge on any atom is -0.317 e. The summed E-state index contributed by atoms with van der Waals surface area (Å²) in [5, 5.41) is 5.97. The van der Waals surface area contributed by atoms with E-state index in [-0.39, 0.29) is 4.88 Å². The molecule has 2 N–H and O–H groups in total. The molecule has 25 heavy (non-hydrogen) atoms. The number of rotatable bonds is 3. The number of hydrogen-bond acceptors (Lipinski definition) is 5. The Morgan fingerprint density at radius 2 is 2.20 bits per heavy atom. The fraction of sp³-hybridized carbons (Fsp3) is 0.353. The van der Waals surface area contributed by atoms with E-state index in [1.54, 1.807) is 16.8 Å². The Hall–Kier alpha value is -2.32. The van der Waals surface area contributed by atoms with Crippen molar-refractivity contribution in [3.63, 3.8) is 0 Å². The van der Waals surface area contributed by atoms with Gasteiger partial charge in [-0.2, -0.15) is 0 Å². The molecule has 0 unspecified atom stereocenters. The highest BCUT2D eigenvalue weighted by atomic mass is 32.1. The number of thiophene rings is 1. The van der Waals surface area contributed by atoms with Gasteiger partial charge in [-0.1, -0.05) is 0 Å². The zero-order valence-electron chi connectivity index (χ0n) is 13.8. The van der Waals surface area contributed by atoms with E-state index >= 15 is 0 Å². The highest BCUT2D eigenvalue weighted by Gasteiger charge is 2.23. The maximum atomic E-state index is 14.3. The van der Waals surface area contributed by atoms with Gasteiger partial charge in [-0.15, -0.1) is 11.3 Å². The van der Waals surface area contributed by atoms with Crippen molar-refractivity contribution in [1.82, 2.24) is 19.7 Å². The molecule has 4 heterocycles. The zero-order chi connectivity index (χ0) is 17.4. The first kappa shape index (κ1) is 16.2. The molecule has 8 heteroatoms. The molecule has 130 valence electrons. The van der Waals surface area contributed by atoms with Crippen LogP contribution < -0.4 is 10.6 Å². The minimum absolute atomic E-state index is 0.109. The molecule has 3 aromatic rings. The van der Waals surface area contributed by atoms with Gasteiger partial charge in [0.15, 0.2) is 5.65 Å². The number of imidazole rings is 1. The van der Waals surface area contributed by atoms with Crippen molar-refractivity contribution in [3.8, 4) is 0 Å². The molecule has 1 amide bonds. The second-order valence-electron chi connectivity index (χ2n) is 6.22. The topological polar surface area (TPSA) is 71.3 Å². The van der Waals surface area contributed by atoms with Gasteiger partial charge in [0.2, 0.25) is 0 Å². The third kappa shape index (κ3) is 3.27. The van der Waals surface area contributed by atoms with Gasteiger partial charge < -0.3 is 15.0 Å². The molecule has 0 aliphatic carbocycles. The van der Waals surface area contributed by atoms with Gasteiger partial charge in [-0.05, 0) is 44.8 Å². The summed E-state index contributed by atoms with van der Waals surface area (Å²) in [7, 11) is 0. The third-order valence-electron chi connectivity index (χ3n) is 4.36. The lowest BCUT2D eigenvalue weighted by atomic mass is 9.96. The van der Waals surface area contributed by atoms with Crippen LogP contribution >= 0.6 is 11.3 Å². The average Bonchev–Trinajstić information content (AvgIpc) is 3.17. The van der Waals surface area contributed by atoms with Crippen LogP contribution in [-0.2, 0) is 0 Å². The molecule has 6 nitrogen and oxygen atoms in total. The summed E-state index contributed by atoms with van der Waals surface area (Å²) >= 11 is 1.24. The van der Waals surface area contributed by atoms with Crippen LogP contribution in [0.5, 0.6) is 0 Å². The Morgan fingerprint density at radius 3 is 3.00 bits per heavy atom. The molecular weight excluding hydrogens is 341 g/mol. The summed E-state index contributed by atoms with van der Waals surface area (Å²) in [5.74, 6) is -0.237. The van der Waals surface area contributed by atoms with Crippen LogP contribution in [0.1, 0.15) is 39.0 Å². The summed E-state index contributed by atoms with van der Waals surface area (Å²) in [6.07, 6.45) is 7.03. The average molecular weight is 359 g/mol. The monoisotopic (exact) mass is 359 g/mol. The van der Waals surface area contributed by atoms with Crippen molar-refractivity contribution in [1.29, 1.82) is 0 Å². The van der Waals surface area contributed by atoms with E-state index in [1.807, 2.05) is 13.1 Å². The van der Waals surface area contributed by atoms with Crippen LogP contribution in [0.3, 0.4) is 0 Å². The normalized spacial score (nSPS) is 15.6. The second kappa shape index (κ2) is 6.53. The number of piperidine rings is 1. The Morgan fingerprint density at radius 1 is 1.40 bits per heavy atom. The number of aromatic nitrogens is 3. The Labute approximate surface area is 148 Å². The maximum absolute atomic E-state index is 14.3. The number of carbonyl (C=O) groups is 1. The van der Waals surface area contributed by atoms with Crippen molar-refractivity contribution in [2.45, 2.75) is 25.7 Å². The second-order valence-corrected chi connectivity index (χ2v) is 7.31. The van der Waals surface area contributed by atoms with E-state index in [4.69, 9.17) is 0 Å². The fourth-order valence-corrected chi connectivity index (χ4v) is 4.21. The lowest BCUT2D eigenvalue weighted by molar-refractivity contribution is 0.102. The smallest absolute Gasteiger partial charge is 0.269 e. The molecule has 3 aromatic heterocycles. The quantitative estimate of drug-likeness (QED) is 0.754. The Kier molecular flexibility index (Phi) is 4.22. The van der Waals surface area contributed by atoms with Crippen molar-refractivity contribution >= 4 is 28.7 Å². The molecule has 0 saturated carbocycles. The number of aryl methyl sites for hydroxylation is 1.